The summed E-state index contributed by atoms with van der Waals surface area (Å²) in [4.78, 5) is 11.3. The van der Waals surface area contributed by atoms with Gasteiger partial charge in [-0.25, -0.2) is 9.36 Å². The average Bonchev–Trinajstić information content (AvgIpc) is 3.27. The summed E-state index contributed by atoms with van der Waals surface area (Å²) >= 11 is 0. The Labute approximate surface area is 399 Å². The summed E-state index contributed by atoms with van der Waals surface area (Å²) in [5, 5.41) is 0. The van der Waals surface area contributed by atoms with Crippen LogP contribution in [0.25, 0.3) is 0 Å². The van der Waals surface area contributed by atoms with Crippen LogP contribution in [0.2, 0.25) is 0 Å². The van der Waals surface area contributed by atoms with E-state index in [1.165, 1.54) is 12.7 Å². The predicted molar refractivity (Wildman–Crippen MR) is 214 cm³/mol. The van der Waals surface area contributed by atoms with E-state index in [-0.39, 0.29) is 5.97 Å². The van der Waals surface area contributed by atoms with E-state index in [2.05, 4.69) is 16.9 Å². The number of halogens is 24. The van der Waals surface area contributed by atoms with Crippen LogP contribution in [0.15, 0.2) is 128 Å². The highest BCUT2D eigenvalue weighted by atomic mass is 19.4. The molecular formula is C46H26BF24NO2. The maximum absolute atomic E-state index is 14.2. The number of alkyl halides is 24. The number of pyridine rings is 1. The van der Waals surface area contributed by atoms with Crippen molar-refractivity contribution in [1.82, 2.24) is 0 Å². The Balaban J connectivity index is 0.000000500. The van der Waals surface area contributed by atoms with Crippen molar-refractivity contribution in [3.8, 4) is 0 Å². The fourth-order valence-corrected chi connectivity index (χ4v) is 7.68. The topological polar surface area (TPSA) is 30.2 Å². The monoisotopic (exact) mass is 1090 g/mol. The van der Waals surface area contributed by atoms with Gasteiger partial charge in [0.05, 0.1) is 57.2 Å². The van der Waals surface area contributed by atoms with Crippen LogP contribution in [0.4, 0.5) is 105 Å². The van der Waals surface area contributed by atoms with Gasteiger partial charge in [0.15, 0.2) is 18.9 Å². The van der Waals surface area contributed by atoms with Gasteiger partial charge in [-0.1, -0.05) is 78.9 Å². The molecule has 0 unspecified atom stereocenters. The average molecular weight is 1090 g/mol. The third-order valence-corrected chi connectivity index (χ3v) is 11.0. The van der Waals surface area contributed by atoms with Gasteiger partial charge in [0, 0.05) is 17.7 Å². The van der Waals surface area contributed by atoms with Crippen molar-refractivity contribution in [3.63, 3.8) is 0 Å². The fraction of sp³-hybridized carbons (Fsp3) is 0.217. The van der Waals surface area contributed by atoms with Gasteiger partial charge in [-0.15, -0.1) is 0 Å². The number of hydrogen-bond donors (Lipinski definition) is 0. The number of ether oxygens (including phenoxy) is 1. The van der Waals surface area contributed by atoms with E-state index in [0.29, 0.717) is 5.56 Å². The standard InChI is InChI=1S/C32H12BF24.C14H14NO2/c34-25(35,36)13-1-14(26(37,38)39)6-21(5-13)33(22-7-15(27(40,41)42)2-16(8-22)28(43,44)45,23-9-17(29(46,47)48)3-18(10-23)30(49,50)51)24-11-19(31(52,53)54)4-20(12-24)32(55,56)57;1-17-14(16)13-7-9-15(10-8-13)11-12-5-3-2-4-6-12/h1-12H;2-10H,11H2,1H3/q-1;+1. The summed E-state index contributed by atoms with van der Waals surface area (Å²) in [6.07, 6.45) is -51.1. The van der Waals surface area contributed by atoms with Gasteiger partial charge in [-0.2, -0.15) is 127 Å². The van der Waals surface area contributed by atoms with Crippen LogP contribution in [0.1, 0.15) is 60.4 Å². The highest BCUT2D eigenvalue weighted by Gasteiger charge is 2.47. The highest BCUT2D eigenvalue weighted by molar-refractivity contribution is 7.20. The first-order valence-corrected chi connectivity index (χ1v) is 20.0. The third kappa shape index (κ3) is 13.4. The first kappa shape index (κ1) is 58.0. The van der Waals surface area contributed by atoms with Crippen LogP contribution >= 0.6 is 0 Å². The zero-order valence-electron chi connectivity index (χ0n) is 36.2. The fourth-order valence-electron chi connectivity index (χ4n) is 7.68. The Bertz CT molecular complexity index is 2530. The van der Waals surface area contributed by atoms with E-state index in [0.717, 1.165) is 6.54 Å². The molecule has 0 amide bonds. The summed E-state index contributed by atoms with van der Waals surface area (Å²) in [5.41, 5.74) is -28.4. The molecule has 0 fully saturated rings. The minimum Gasteiger partial charge on any atom is -0.465 e. The molecule has 0 radical (unpaired) electrons. The number of aromatic nitrogens is 1. The molecule has 0 saturated carbocycles. The zero-order valence-corrected chi connectivity index (χ0v) is 36.2. The number of nitrogens with zero attached hydrogens (tertiary/aromatic N) is 1. The summed E-state index contributed by atoms with van der Waals surface area (Å²) in [7, 11) is 1.38. The quantitative estimate of drug-likeness (QED) is 0.0690. The lowest BCUT2D eigenvalue weighted by Gasteiger charge is -2.46. The van der Waals surface area contributed by atoms with Crippen molar-refractivity contribution >= 4 is 34.0 Å². The molecule has 1 heterocycles. The normalized spacial score (nSPS) is 13.3. The van der Waals surface area contributed by atoms with Crippen molar-refractivity contribution < 1.29 is 119 Å². The third-order valence-electron chi connectivity index (χ3n) is 11.0. The van der Waals surface area contributed by atoms with E-state index in [1.54, 1.807) is 12.1 Å². The van der Waals surface area contributed by atoms with Crippen LogP contribution in [0.5, 0.6) is 0 Å². The molecule has 3 nitrogen and oxygen atoms in total. The molecule has 0 bridgehead atoms. The number of carbonyl (C=O) groups excluding carboxylic acids is 1. The summed E-state index contributed by atoms with van der Waals surface area (Å²) in [6.45, 7) is 0.794. The van der Waals surface area contributed by atoms with Crippen molar-refractivity contribution in [3.05, 3.63) is 183 Å². The molecule has 1 aromatic heterocycles. The van der Waals surface area contributed by atoms with Gasteiger partial charge in [0.25, 0.3) is 0 Å². The first-order valence-electron chi connectivity index (χ1n) is 20.0. The van der Waals surface area contributed by atoms with Crippen LogP contribution < -0.4 is 26.4 Å². The van der Waals surface area contributed by atoms with Crippen LogP contribution in [0, 0.1) is 0 Å². The van der Waals surface area contributed by atoms with Gasteiger partial charge >= 0.3 is 55.4 Å². The van der Waals surface area contributed by atoms with E-state index >= 15 is 0 Å². The number of esters is 1. The van der Waals surface area contributed by atoms with E-state index < -0.39 is 195 Å². The second-order valence-electron chi connectivity index (χ2n) is 16.0. The maximum atomic E-state index is 14.2. The minimum absolute atomic E-state index is 0.308. The molecule has 6 rings (SSSR count). The zero-order chi connectivity index (χ0) is 56.0. The van der Waals surface area contributed by atoms with Gasteiger partial charge < -0.3 is 4.74 Å². The Morgan fingerprint density at radius 1 is 0.378 bits per heavy atom. The Kier molecular flexibility index (Phi) is 15.7. The second-order valence-corrected chi connectivity index (χ2v) is 16.0. The molecule has 0 aliphatic carbocycles. The minimum atomic E-state index is -6.13. The number of benzene rings is 5. The van der Waals surface area contributed by atoms with Gasteiger partial charge in [-0.05, 0) is 24.3 Å². The Hall–Kier alpha value is -6.90. The van der Waals surface area contributed by atoms with Gasteiger partial charge in [0.1, 0.15) is 6.15 Å². The Morgan fingerprint density at radius 2 is 0.608 bits per heavy atom. The maximum Gasteiger partial charge on any atom is 0.416 e. The van der Waals surface area contributed by atoms with E-state index in [9.17, 15) is 110 Å². The number of carbonyl (C=O) groups is 1. The number of hydrogen-bond acceptors (Lipinski definition) is 2. The second kappa shape index (κ2) is 20.1. The van der Waals surface area contributed by atoms with Crippen LogP contribution in [-0.2, 0) is 60.7 Å². The number of methoxy groups -OCH3 is 1. The summed E-state index contributed by atoms with van der Waals surface area (Å²) in [6, 6.07) is 4.87. The van der Waals surface area contributed by atoms with Crippen LogP contribution in [0.3, 0.4) is 0 Å². The van der Waals surface area contributed by atoms with Gasteiger partial charge in [0.2, 0.25) is 0 Å². The molecule has 398 valence electrons. The molecule has 0 spiro atoms. The molecule has 0 N–H and O–H groups in total. The number of rotatable bonds is 7. The largest absolute Gasteiger partial charge is 0.465 e. The molecule has 28 heteroatoms. The highest BCUT2D eigenvalue weighted by Crippen LogP contribution is 2.41. The van der Waals surface area contributed by atoms with E-state index in [4.69, 9.17) is 0 Å². The molecule has 0 aliphatic heterocycles. The molecule has 74 heavy (non-hydrogen) atoms. The lowest BCUT2D eigenvalue weighted by atomic mass is 9.12. The smallest absolute Gasteiger partial charge is 0.416 e. The molecule has 5 aromatic carbocycles. The van der Waals surface area contributed by atoms with Crippen LogP contribution in [-0.4, -0.2) is 19.2 Å². The van der Waals surface area contributed by atoms with Gasteiger partial charge in [-0.3, -0.25) is 0 Å². The van der Waals surface area contributed by atoms with E-state index in [1.807, 2.05) is 35.2 Å². The predicted octanol–water partition coefficient (Wildman–Crippen LogP) is 13.0. The Morgan fingerprint density at radius 3 is 0.811 bits per heavy atom. The summed E-state index contributed by atoms with van der Waals surface area (Å²) in [5.74, 6) is -0.308. The molecule has 0 atom stereocenters. The lowest BCUT2D eigenvalue weighted by Crippen LogP contribution is -2.75. The first-order chi connectivity index (χ1) is 33.6. The van der Waals surface area contributed by atoms with Crippen molar-refractivity contribution in [2.45, 2.75) is 56.0 Å². The SMILES string of the molecule is COC(=O)c1cc[n+](Cc2ccccc2)cc1.FC(F)(F)c1cc([B-](c2cc(C(F)(F)F)cc(C(F)(F)F)c2)(c2cc(C(F)(F)F)cc(C(F)(F)F)c2)c2cc(C(F)(F)F)cc(C(F)(F)F)c2)cc(C(F)(F)F)c1. The van der Waals surface area contributed by atoms with Crippen molar-refractivity contribution in [1.29, 1.82) is 0 Å². The van der Waals surface area contributed by atoms with Crippen molar-refractivity contribution in [2.24, 2.45) is 0 Å². The van der Waals surface area contributed by atoms with Crippen molar-refractivity contribution in [2.75, 3.05) is 7.11 Å². The molecular weight excluding hydrogens is 1070 g/mol. The molecule has 0 saturated heterocycles. The summed E-state index contributed by atoms with van der Waals surface area (Å²) < 4.78 is 347. The molecule has 0 aliphatic rings. The lowest BCUT2D eigenvalue weighted by molar-refractivity contribution is -0.688. The molecule has 6 aromatic rings.